The van der Waals surface area contributed by atoms with Crippen molar-refractivity contribution in [2.75, 3.05) is 14.1 Å². The molecule has 0 heterocycles. The van der Waals surface area contributed by atoms with Crippen LogP contribution in [-0.2, 0) is 9.53 Å². The first-order chi connectivity index (χ1) is 7.52. The van der Waals surface area contributed by atoms with Crippen LogP contribution in [0.25, 0.3) is 0 Å². The van der Waals surface area contributed by atoms with E-state index in [0.29, 0.717) is 5.56 Å². The molecule has 0 saturated heterocycles. The van der Waals surface area contributed by atoms with Gasteiger partial charge in [0.25, 0.3) is 5.17 Å². The van der Waals surface area contributed by atoms with E-state index >= 15 is 0 Å². The molecule has 5 heteroatoms. The number of aliphatic carboxylic acids is 1. The van der Waals surface area contributed by atoms with Gasteiger partial charge in [-0.2, -0.15) is 0 Å². The van der Waals surface area contributed by atoms with E-state index in [-0.39, 0.29) is 5.17 Å². The molecule has 0 bridgehead atoms. The molecule has 4 nitrogen and oxygen atoms in total. The van der Waals surface area contributed by atoms with Gasteiger partial charge in [-0.25, -0.2) is 4.79 Å². The molecule has 1 rings (SSSR count). The molecule has 1 N–H and O–H groups in total. The molecule has 86 valence electrons. The van der Waals surface area contributed by atoms with Crippen LogP contribution in [-0.4, -0.2) is 35.2 Å². The summed E-state index contributed by atoms with van der Waals surface area (Å²) in [6.45, 7) is 0. The van der Waals surface area contributed by atoms with E-state index in [4.69, 9.17) is 22.1 Å². The second-order valence-corrected chi connectivity index (χ2v) is 3.76. The van der Waals surface area contributed by atoms with Crippen molar-refractivity contribution in [1.29, 1.82) is 0 Å². The number of carboxylic acid groups (broad SMARTS) is 1. The molecule has 0 aliphatic rings. The summed E-state index contributed by atoms with van der Waals surface area (Å²) in [5.41, 5.74) is 0.569. The lowest BCUT2D eigenvalue weighted by atomic mass is 10.1. The topological polar surface area (TPSA) is 49.8 Å². The molecule has 1 atom stereocenters. The van der Waals surface area contributed by atoms with Gasteiger partial charge in [0, 0.05) is 19.7 Å². The smallest absolute Gasteiger partial charge is 0.349 e. The first-order valence-corrected chi connectivity index (χ1v) is 5.09. The van der Waals surface area contributed by atoms with E-state index < -0.39 is 12.1 Å². The van der Waals surface area contributed by atoms with Crippen molar-refractivity contribution in [3.8, 4) is 0 Å². The lowest BCUT2D eigenvalue weighted by Gasteiger charge is -2.19. The molecule has 0 saturated carbocycles. The van der Waals surface area contributed by atoms with Gasteiger partial charge < -0.3 is 14.7 Å². The number of hydrogen-bond acceptors (Lipinski definition) is 3. The van der Waals surface area contributed by atoms with Crippen LogP contribution in [0.15, 0.2) is 30.3 Å². The number of nitrogens with zero attached hydrogens (tertiary/aromatic N) is 1. The molecule has 0 amide bonds. The fourth-order valence-corrected chi connectivity index (χ4v) is 1.19. The molecule has 1 unspecified atom stereocenters. The molecule has 0 aliphatic heterocycles. The maximum atomic E-state index is 11.1. The van der Waals surface area contributed by atoms with Crippen molar-refractivity contribution in [2.45, 2.75) is 6.10 Å². The summed E-state index contributed by atoms with van der Waals surface area (Å²) in [6, 6.07) is 8.71. The highest BCUT2D eigenvalue weighted by atomic mass is 32.1. The standard InChI is InChI=1S/C11H13NO3S/c1-12(2)11(16)15-9(10(13)14)8-6-4-3-5-7-8/h3-7,9H,1-2H3,(H,13,14). The van der Waals surface area contributed by atoms with Crippen molar-refractivity contribution in [3.05, 3.63) is 35.9 Å². The van der Waals surface area contributed by atoms with Gasteiger partial charge in [0.1, 0.15) is 0 Å². The Hall–Kier alpha value is -1.62. The monoisotopic (exact) mass is 239 g/mol. The van der Waals surface area contributed by atoms with Crippen LogP contribution in [0.1, 0.15) is 11.7 Å². The second-order valence-electron chi connectivity index (χ2n) is 3.41. The highest BCUT2D eigenvalue weighted by molar-refractivity contribution is 7.80. The Morgan fingerprint density at radius 3 is 2.38 bits per heavy atom. The molecule has 0 radical (unpaired) electrons. The van der Waals surface area contributed by atoms with E-state index in [0.717, 1.165) is 0 Å². The van der Waals surface area contributed by atoms with Crippen molar-refractivity contribution >= 4 is 23.4 Å². The summed E-state index contributed by atoms with van der Waals surface area (Å²) in [5.74, 6) is -1.06. The number of carboxylic acids is 1. The summed E-state index contributed by atoms with van der Waals surface area (Å²) in [5, 5.41) is 9.20. The summed E-state index contributed by atoms with van der Waals surface area (Å²) >= 11 is 4.91. The largest absolute Gasteiger partial charge is 0.478 e. The number of thiocarbonyl (C=S) groups is 1. The van der Waals surface area contributed by atoms with Gasteiger partial charge in [-0.15, -0.1) is 0 Å². The summed E-state index contributed by atoms with van der Waals surface area (Å²) < 4.78 is 5.22. The molecule has 0 aliphatic carbocycles. The summed E-state index contributed by atoms with van der Waals surface area (Å²) in [7, 11) is 3.40. The number of carbonyl (C=O) groups is 1. The minimum atomic E-state index is -1.06. The van der Waals surface area contributed by atoms with Crippen LogP contribution >= 0.6 is 12.2 Å². The average Bonchev–Trinajstić information content (AvgIpc) is 2.26. The zero-order chi connectivity index (χ0) is 12.1. The van der Waals surface area contributed by atoms with Crippen LogP contribution in [0.2, 0.25) is 0 Å². The molecule has 0 fully saturated rings. The number of rotatable bonds is 3. The van der Waals surface area contributed by atoms with Crippen molar-refractivity contribution in [3.63, 3.8) is 0 Å². The van der Waals surface area contributed by atoms with E-state index in [1.54, 1.807) is 43.3 Å². The SMILES string of the molecule is CN(C)C(=S)OC(C(=O)O)c1ccccc1. The average molecular weight is 239 g/mol. The molecule has 0 aromatic heterocycles. The number of hydrogen-bond donors (Lipinski definition) is 1. The van der Waals surface area contributed by atoms with Crippen LogP contribution in [0.3, 0.4) is 0 Å². The van der Waals surface area contributed by atoms with Crippen molar-refractivity contribution < 1.29 is 14.6 Å². The lowest BCUT2D eigenvalue weighted by Crippen LogP contribution is -2.27. The van der Waals surface area contributed by atoms with Crippen LogP contribution in [0.5, 0.6) is 0 Å². The third kappa shape index (κ3) is 3.20. The highest BCUT2D eigenvalue weighted by Crippen LogP contribution is 2.18. The molecule has 16 heavy (non-hydrogen) atoms. The van der Waals surface area contributed by atoms with Gasteiger partial charge in [-0.3, -0.25) is 0 Å². The summed E-state index contributed by atoms with van der Waals surface area (Å²) in [4.78, 5) is 12.6. The fourth-order valence-electron chi connectivity index (χ4n) is 1.10. The number of ether oxygens (including phenoxy) is 1. The zero-order valence-corrected chi connectivity index (χ0v) is 9.90. The lowest BCUT2D eigenvalue weighted by molar-refractivity contribution is -0.146. The highest BCUT2D eigenvalue weighted by Gasteiger charge is 2.23. The van der Waals surface area contributed by atoms with Gasteiger partial charge in [0.15, 0.2) is 0 Å². The number of benzene rings is 1. The zero-order valence-electron chi connectivity index (χ0n) is 9.08. The van der Waals surface area contributed by atoms with E-state index in [1.165, 1.54) is 0 Å². The quantitative estimate of drug-likeness (QED) is 0.813. The van der Waals surface area contributed by atoms with Gasteiger partial charge in [0.2, 0.25) is 6.10 Å². The Morgan fingerprint density at radius 2 is 1.94 bits per heavy atom. The Morgan fingerprint density at radius 1 is 1.38 bits per heavy atom. The Labute approximate surface area is 99.4 Å². The molecule has 1 aromatic carbocycles. The van der Waals surface area contributed by atoms with Crippen molar-refractivity contribution in [2.24, 2.45) is 0 Å². The minimum Gasteiger partial charge on any atom is -0.478 e. The normalized spacial score (nSPS) is 11.6. The van der Waals surface area contributed by atoms with Crippen LogP contribution in [0, 0.1) is 0 Å². The van der Waals surface area contributed by atoms with E-state index in [2.05, 4.69) is 0 Å². The molecular weight excluding hydrogens is 226 g/mol. The molecule has 0 spiro atoms. The third-order valence-electron chi connectivity index (χ3n) is 1.91. The third-order valence-corrected chi connectivity index (χ3v) is 2.37. The van der Waals surface area contributed by atoms with Gasteiger partial charge in [-0.1, -0.05) is 30.3 Å². The second kappa shape index (κ2) is 5.46. The van der Waals surface area contributed by atoms with E-state index in [1.807, 2.05) is 6.07 Å². The van der Waals surface area contributed by atoms with Crippen molar-refractivity contribution in [1.82, 2.24) is 4.90 Å². The Balaban J connectivity index is 2.85. The minimum absolute atomic E-state index is 0.149. The predicted octanol–water partition coefficient (Wildman–Crippen LogP) is 1.68. The first kappa shape index (κ1) is 12.4. The van der Waals surface area contributed by atoms with Gasteiger partial charge in [0.05, 0.1) is 0 Å². The fraction of sp³-hybridized carbons (Fsp3) is 0.273. The Bertz CT molecular complexity index is 378. The van der Waals surface area contributed by atoms with E-state index in [9.17, 15) is 4.79 Å². The maximum absolute atomic E-state index is 11.1. The maximum Gasteiger partial charge on any atom is 0.349 e. The Kier molecular flexibility index (Phi) is 4.25. The summed E-state index contributed by atoms with van der Waals surface area (Å²) in [6.07, 6.45) is -1.06. The van der Waals surface area contributed by atoms with Crippen LogP contribution < -0.4 is 0 Å². The van der Waals surface area contributed by atoms with Gasteiger partial charge >= 0.3 is 5.97 Å². The first-order valence-electron chi connectivity index (χ1n) is 4.68. The molecule has 1 aromatic rings. The predicted molar refractivity (Wildman–Crippen MR) is 64.2 cm³/mol. The van der Waals surface area contributed by atoms with Gasteiger partial charge in [-0.05, 0) is 12.2 Å². The molecular formula is C11H13NO3S. The van der Waals surface area contributed by atoms with Crippen LogP contribution in [0.4, 0.5) is 0 Å².